The first kappa shape index (κ1) is 11.9. The first-order valence-electron chi connectivity index (χ1n) is 4.73. The fourth-order valence-corrected chi connectivity index (χ4v) is 1.64. The summed E-state index contributed by atoms with van der Waals surface area (Å²) in [4.78, 5) is 14.4. The average molecular weight is 268 g/mol. The van der Waals surface area contributed by atoms with E-state index in [4.69, 9.17) is 27.9 Å². The molecule has 0 aliphatic heterocycles. The Balaban J connectivity index is 2.22. The standard InChI is InChI=1S/C12H7Cl2NO2/c13-9-2-3-11(10(14)5-9)17-12-4-1-8(7-16)6-15-12/h1-7H. The summed E-state index contributed by atoms with van der Waals surface area (Å²) >= 11 is 11.7. The van der Waals surface area contributed by atoms with E-state index in [1.54, 1.807) is 30.3 Å². The Hall–Kier alpha value is -1.58. The molecule has 0 unspecified atom stereocenters. The maximum absolute atomic E-state index is 10.5. The largest absolute Gasteiger partial charge is 0.437 e. The number of pyridine rings is 1. The molecule has 2 rings (SSSR count). The minimum atomic E-state index is 0.361. The summed E-state index contributed by atoms with van der Waals surface area (Å²) in [6.07, 6.45) is 2.14. The van der Waals surface area contributed by atoms with Crippen LogP contribution in [-0.4, -0.2) is 11.3 Å². The normalized spacial score (nSPS) is 10.0. The number of hydrogen-bond donors (Lipinski definition) is 0. The minimum Gasteiger partial charge on any atom is -0.437 e. The van der Waals surface area contributed by atoms with Gasteiger partial charge in [-0.25, -0.2) is 4.98 Å². The second kappa shape index (κ2) is 5.17. The number of aldehydes is 1. The highest BCUT2D eigenvalue weighted by Crippen LogP contribution is 2.30. The molecule has 0 bridgehead atoms. The number of benzene rings is 1. The van der Waals surface area contributed by atoms with Gasteiger partial charge >= 0.3 is 0 Å². The number of carbonyl (C=O) groups excluding carboxylic acids is 1. The molecule has 1 aromatic heterocycles. The van der Waals surface area contributed by atoms with E-state index in [1.165, 1.54) is 6.20 Å². The molecule has 0 saturated heterocycles. The van der Waals surface area contributed by atoms with E-state index >= 15 is 0 Å². The van der Waals surface area contributed by atoms with Crippen LogP contribution < -0.4 is 4.74 Å². The highest BCUT2D eigenvalue weighted by atomic mass is 35.5. The second-order valence-electron chi connectivity index (χ2n) is 3.22. The Bertz CT molecular complexity index is 541. The summed E-state index contributed by atoms with van der Waals surface area (Å²) in [5.41, 5.74) is 0.486. The fourth-order valence-electron chi connectivity index (χ4n) is 1.19. The third-order valence-corrected chi connectivity index (χ3v) is 2.53. The van der Waals surface area contributed by atoms with Crippen LogP contribution in [0.4, 0.5) is 0 Å². The summed E-state index contributed by atoms with van der Waals surface area (Å²) in [5, 5.41) is 0.936. The van der Waals surface area contributed by atoms with Gasteiger partial charge in [-0.3, -0.25) is 4.79 Å². The van der Waals surface area contributed by atoms with Crippen LogP contribution in [0.2, 0.25) is 10.0 Å². The van der Waals surface area contributed by atoms with Crippen molar-refractivity contribution < 1.29 is 9.53 Å². The van der Waals surface area contributed by atoms with Gasteiger partial charge in [-0.2, -0.15) is 0 Å². The van der Waals surface area contributed by atoms with Crippen molar-refractivity contribution in [1.29, 1.82) is 0 Å². The highest BCUT2D eigenvalue weighted by Gasteiger charge is 2.04. The van der Waals surface area contributed by atoms with E-state index in [2.05, 4.69) is 4.98 Å². The van der Waals surface area contributed by atoms with Gasteiger partial charge in [0.1, 0.15) is 5.75 Å². The van der Waals surface area contributed by atoms with E-state index in [0.29, 0.717) is 33.5 Å². The monoisotopic (exact) mass is 267 g/mol. The topological polar surface area (TPSA) is 39.2 Å². The molecular formula is C12H7Cl2NO2. The van der Waals surface area contributed by atoms with Crippen molar-refractivity contribution in [3.8, 4) is 11.6 Å². The predicted octanol–water partition coefficient (Wildman–Crippen LogP) is 3.99. The number of ether oxygens (including phenoxy) is 1. The molecule has 0 aliphatic rings. The molecule has 0 amide bonds. The lowest BCUT2D eigenvalue weighted by Gasteiger charge is -2.06. The van der Waals surface area contributed by atoms with Gasteiger partial charge in [0.2, 0.25) is 5.88 Å². The Kier molecular flexibility index (Phi) is 3.61. The van der Waals surface area contributed by atoms with Crippen LogP contribution >= 0.6 is 23.2 Å². The summed E-state index contributed by atoms with van der Waals surface area (Å²) in [5.74, 6) is 0.822. The lowest BCUT2D eigenvalue weighted by molar-refractivity contribution is 0.112. The Morgan fingerprint density at radius 2 is 2.00 bits per heavy atom. The molecule has 0 radical (unpaired) electrons. The Labute approximate surface area is 108 Å². The van der Waals surface area contributed by atoms with E-state index in [9.17, 15) is 4.79 Å². The second-order valence-corrected chi connectivity index (χ2v) is 4.07. The molecule has 1 aromatic carbocycles. The van der Waals surface area contributed by atoms with Crippen molar-refractivity contribution in [1.82, 2.24) is 4.98 Å². The zero-order valence-corrected chi connectivity index (χ0v) is 10.1. The molecule has 0 aliphatic carbocycles. The van der Waals surface area contributed by atoms with Gasteiger partial charge in [0.05, 0.1) is 5.02 Å². The lowest BCUT2D eigenvalue weighted by atomic mass is 10.3. The maximum atomic E-state index is 10.5. The maximum Gasteiger partial charge on any atom is 0.219 e. The number of rotatable bonds is 3. The quantitative estimate of drug-likeness (QED) is 0.790. The molecule has 0 atom stereocenters. The minimum absolute atomic E-state index is 0.361. The van der Waals surface area contributed by atoms with Crippen LogP contribution in [-0.2, 0) is 0 Å². The lowest BCUT2D eigenvalue weighted by Crippen LogP contribution is -1.89. The number of halogens is 2. The molecule has 86 valence electrons. The average Bonchev–Trinajstić information content (AvgIpc) is 2.34. The first-order chi connectivity index (χ1) is 8.19. The van der Waals surface area contributed by atoms with E-state index < -0.39 is 0 Å². The zero-order valence-electron chi connectivity index (χ0n) is 8.56. The third-order valence-electron chi connectivity index (χ3n) is 2.00. The highest BCUT2D eigenvalue weighted by molar-refractivity contribution is 6.35. The van der Waals surface area contributed by atoms with Gasteiger partial charge in [0.15, 0.2) is 6.29 Å². The molecular weight excluding hydrogens is 261 g/mol. The summed E-state index contributed by atoms with van der Waals surface area (Å²) in [6.45, 7) is 0. The third kappa shape index (κ3) is 2.96. The van der Waals surface area contributed by atoms with Crippen LogP contribution in [0.1, 0.15) is 10.4 Å². The summed E-state index contributed by atoms with van der Waals surface area (Å²) in [7, 11) is 0. The van der Waals surface area contributed by atoms with Crippen LogP contribution in [0.5, 0.6) is 11.6 Å². The predicted molar refractivity (Wildman–Crippen MR) is 66.2 cm³/mol. The SMILES string of the molecule is O=Cc1ccc(Oc2ccc(Cl)cc2Cl)nc1. The van der Waals surface area contributed by atoms with Crippen LogP contribution in [0.3, 0.4) is 0 Å². The molecule has 5 heteroatoms. The molecule has 0 N–H and O–H groups in total. The van der Waals surface area contributed by atoms with E-state index in [0.717, 1.165) is 0 Å². The van der Waals surface area contributed by atoms with Gasteiger partial charge in [-0.05, 0) is 24.3 Å². The van der Waals surface area contributed by atoms with Gasteiger partial charge in [-0.15, -0.1) is 0 Å². The van der Waals surface area contributed by atoms with Crippen molar-refractivity contribution in [2.45, 2.75) is 0 Å². The first-order valence-corrected chi connectivity index (χ1v) is 5.49. The van der Waals surface area contributed by atoms with Gasteiger partial charge < -0.3 is 4.74 Å². The molecule has 0 saturated carbocycles. The molecule has 0 spiro atoms. The molecule has 3 nitrogen and oxygen atoms in total. The van der Waals surface area contributed by atoms with Gasteiger partial charge in [-0.1, -0.05) is 23.2 Å². The molecule has 2 aromatic rings. The van der Waals surface area contributed by atoms with Crippen molar-refractivity contribution in [3.63, 3.8) is 0 Å². The summed E-state index contributed by atoms with van der Waals surface area (Å²) in [6, 6.07) is 8.11. The number of aromatic nitrogens is 1. The number of nitrogens with zero attached hydrogens (tertiary/aromatic N) is 1. The van der Waals surface area contributed by atoms with Crippen molar-refractivity contribution in [2.24, 2.45) is 0 Å². The summed E-state index contributed by atoms with van der Waals surface area (Å²) < 4.78 is 5.45. The Morgan fingerprint density at radius 1 is 1.18 bits per heavy atom. The van der Waals surface area contributed by atoms with Crippen molar-refractivity contribution >= 4 is 29.5 Å². The van der Waals surface area contributed by atoms with E-state index in [-0.39, 0.29) is 0 Å². The molecule has 1 heterocycles. The van der Waals surface area contributed by atoms with Gasteiger partial charge in [0, 0.05) is 22.8 Å². The Morgan fingerprint density at radius 3 is 2.59 bits per heavy atom. The van der Waals surface area contributed by atoms with Crippen LogP contribution in [0.25, 0.3) is 0 Å². The van der Waals surface area contributed by atoms with Crippen molar-refractivity contribution in [3.05, 3.63) is 52.1 Å². The van der Waals surface area contributed by atoms with Crippen LogP contribution in [0, 0.1) is 0 Å². The smallest absolute Gasteiger partial charge is 0.219 e. The van der Waals surface area contributed by atoms with Crippen LogP contribution in [0.15, 0.2) is 36.5 Å². The van der Waals surface area contributed by atoms with E-state index in [1.807, 2.05) is 0 Å². The van der Waals surface area contributed by atoms with Gasteiger partial charge in [0.25, 0.3) is 0 Å². The zero-order chi connectivity index (χ0) is 12.3. The number of hydrogen-bond acceptors (Lipinski definition) is 3. The molecule has 17 heavy (non-hydrogen) atoms. The fraction of sp³-hybridized carbons (Fsp3) is 0. The number of carbonyl (C=O) groups is 1. The van der Waals surface area contributed by atoms with Crippen molar-refractivity contribution in [2.75, 3.05) is 0 Å². The molecule has 0 fully saturated rings.